The van der Waals surface area contributed by atoms with Gasteiger partial charge in [-0.15, -0.1) is 0 Å². The molecule has 2 rings (SSSR count). The van der Waals surface area contributed by atoms with Crippen molar-refractivity contribution in [3.63, 3.8) is 0 Å². The van der Waals surface area contributed by atoms with E-state index in [1.54, 1.807) is 12.1 Å². The fourth-order valence-corrected chi connectivity index (χ4v) is 2.08. The lowest BCUT2D eigenvalue weighted by atomic mass is 10.1. The second kappa shape index (κ2) is 5.19. The summed E-state index contributed by atoms with van der Waals surface area (Å²) in [5.74, 6) is -0.294. The van der Waals surface area contributed by atoms with Gasteiger partial charge in [0.2, 0.25) is 0 Å². The Labute approximate surface area is 101 Å². The summed E-state index contributed by atoms with van der Waals surface area (Å²) in [6.07, 6.45) is 2.05. The molecule has 0 spiro atoms. The average Bonchev–Trinajstić information content (AvgIpc) is 2.39. The maximum absolute atomic E-state index is 11.3. The van der Waals surface area contributed by atoms with E-state index in [0.29, 0.717) is 11.6 Å². The Morgan fingerprint density at radius 3 is 2.41 bits per heavy atom. The fraction of sp³-hybridized carbons (Fsp3) is 0.462. The van der Waals surface area contributed by atoms with E-state index in [-0.39, 0.29) is 5.97 Å². The standard InChI is InChI=1S/C13H18N2O2/c1-17-13(16)10-2-4-12(5-3-10)15-8-6-11(14)7-9-15/h2-5,11H,6-9,14H2,1H3. The van der Waals surface area contributed by atoms with Crippen molar-refractivity contribution >= 4 is 11.7 Å². The number of ether oxygens (including phenoxy) is 1. The Bertz CT molecular complexity index is 381. The molecule has 0 aliphatic carbocycles. The van der Waals surface area contributed by atoms with Crippen LogP contribution in [-0.2, 0) is 4.74 Å². The largest absolute Gasteiger partial charge is 0.465 e. The highest BCUT2D eigenvalue weighted by Crippen LogP contribution is 2.20. The van der Waals surface area contributed by atoms with Gasteiger partial charge in [-0.2, -0.15) is 0 Å². The van der Waals surface area contributed by atoms with Gasteiger partial charge < -0.3 is 15.4 Å². The first-order valence-electron chi connectivity index (χ1n) is 5.89. The van der Waals surface area contributed by atoms with Gasteiger partial charge in [0.05, 0.1) is 12.7 Å². The number of esters is 1. The summed E-state index contributed by atoms with van der Waals surface area (Å²) in [7, 11) is 1.39. The van der Waals surface area contributed by atoms with Gasteiger partial charge in [0.1, 0.15) is 0 Å². The summed E-state index contributed by atoms with van der Waals surface area (Å²) >= 11 is 0. The molecule has 1 saturated heterocycles. The number of anilines is 1. The molecule has 0 radical (unpaired) electrons. The highest BCUT2D eigenvalue weighted by molar-refractivity contribution is 5.89. The molecule has 1 aliphatic rings. The van der Waals surface area contributed by atoms with Crippen LogP contribution in [0.1, 0.15) is 23.2 Å². The van der Waals surface area contributed by atoms with E-state index in [1.807, 2.05) is 12.1 Å². The van der Waals surface area contributed by atoms with Crippen molar-refractivity contribution in [2.45, 2.75) is 18.9 Å². The molecule has 0 amide bonds. The molecule has 4 nitrogen and oxygen atoms in total. The van der Waals surface area contributed by atoms with Crippen molar-refractivity contribution in [2.24, 2.45) is 5.73 Å². The Kier molecular flexibility index (Phi) is 3.64. The second-order valence-corrected chi connectivity index (χ2v) is 4.36. The molecule has 1 fully saturated rings. The maximum atomic E-state index is 11.3. The van der Waals surface area contributed by atoms with Crippen LogP contribution in [0.4, 0.5) is 5.69 Å². The number of rotatable bonds is 2. The van der Waals surface area contributed by atoms with Gasteiger partial charge in [-0.1, -0.05) is 0 Å². The molecular formula is C13H18N2O2. The second-order valence-electron chi connectivity index (χ2n) is 4.36. The zero-order valence-corrected chi connectivity index (χ0v) is 10.1. The highest BCUT2D eigenvalue weighted by atomic mass is 16.5. The van der Waals surface area contributed by atoms with Crippen molar-refractivity contribution in [3.8, 4) is 0 Å². The molecule has 1 heterocycles. The van der Waals surface area contributed by atoms with Crippen LogP contribution in [0.3, 0.4) is 0 Å². The fourth-order valence-electron chi connectivity index (χ4n) is 2.08. The zero-order chi connectivity index (χ0) is 12.3. The Hall–Kier alpha value is -1.55. The van der Waals surface area contributed by atoms with Gasteiger partial charge in [0.15, 0.2) is 0 Å². The molecule has 2 N–H and O–H groups in total. The van der Waals surface area contributed by atoms with E-state index >= 15 is 0 Å². The molecule has 0 atom stereocenters. The van der Waals surface area contributed by atoms with Crippen molar-refractivity contribution < 1.29 is 9.53 Å². The first-order valence-corrected chi connectivity index (χ1v) is 5.89. The molecule has 0 aromatic heterocycles. The molecule has 0 saturated carbocycles. The number of hydrogen-bond donors (Lipinski definition) is 1. The molecule has 0 unspecified atom stereocenters. The van der Waals surface area contributed by atoms with Crippen LogP contribution in [-0.4, -0.2) is 32.2 Å². The predicted octanol–water partition coefficient (Wildman–Crippen LogP) is 1.40. The van der Waals surface area contributed by atoms with E-state index in [1.165, 1.54) is 7.11 Å². The number of piperidine rings is 1. The molecule has 1 aromatic rings. The van der Waals surface area contributed by atoms with Gasteiger partial charge in [-0.05, 0) is 37.1 Å². The molecule has 1 aliphatic heterocycles. The number of nitrogens with two attached hydrogens (primary N) is 1. The summed E-state index contributed by atoms with van der Waals surface area (Å²) in [6, 6.07) is 7.86. The lowest BCUT2D eigenvalue weighted by Gasteiger charge is -2.32. The van der Waals surface area contributed by atoms with E-state index in [0.717, 1.165) is 31.6 Å². The third-order valence-corrected chi connectivity index (χ3v) is 3.19. The minimum Gasteiger partial charge on any atom is -0.465 e. The normalized spacial score (nSPS) is 16.9. The van der Waals surface area contributed by atoms with Gasteiger partial charge in [0.25, 0.3) is 0 Å². The van der Waals surface area contributed by atoms with E-state index < -0.39 is 0 Å². The van der Waals surface area contributed by atoms with Gasteiger partial charge in [-0.25, -0.2) is 4.79 Å². The van der Waals surface area contributed by atoms with Crippen LogP contribution in [0.2, 0.25) is 0 Å². The van der Waals surface area contributed by atoms with Gasteiger partial charge in [0, 0.05) is 24.8 Å². The molecular weight excluding hydrogens is 216 g/mol. The van der Waals surface area contributed by atoms with Crippen LogP contribution in [0.5, 0.6) is 0 Å². The molecule has 92 valence electrons. The maximum Gasteiger partial charge on any atom is 0.337 e. The van der Waals surface area contributed by atoms with Crippen molar-refractivity contribution in [3.05, 3.63) is 29.8 Å². The Morgan fingerprint density at radius 1 is 1.29 bits per heavy atom. The Morgan fingerprint density at radius 2 is 1.88 bits per heavy atom. The van der Waals surface area contributed by atoms with Crippen molar-refractivity contribution in [1.29, 1.82) is 0 Å². The van der Waals surface area contributed by atoms with E-state index in [4.69, 9.17) is 5.73 Å². The summed E-state index contributed by atoms with van der Waals surface area (Å²) in [5, 5.41) is 0. The SMILES string of the molecule is COC(=O)c1ccc(N2CCC(N)CC2)cc1. The first-order chi connectivity index (χ1) is 8.20. The average molecular weight is 234 g/mol. The number of benzene rings is 1. The highest BCUT2D eigenvalue weighted by Gasteiger charge is 2.16. The van der Waals surface area contributed by atoms with Gasteiger partial charge in [-0.3, -0.25) is 0 Å². The third kappa shape index (κ3) is 2.77. The number of carbonyl (C=O) groups is 1. The lowest BCUT2D eigenvalue weighted by Crippen LogP contribution is -2.39. The van der Waals surface area contributed by atoms with E-state index in [2.05, 4.69) is 9.64 Å². The minimum absolute atomic E-state index is 0.294. The number of carbonyl (C=O) groups excluding carboxylic acids is 1. The van der Waals surface area contributed by atoms with E-state index in [9.17, 15) is 4.79 Å². The summed E-state index contributed by atoms with van der Waals surface area (Å²) in [4.78, 5) is 13.6. The summed E-state index contributed by atoms with van der Waals surface area (Å²) < 4.78 is 4.67. The molecule has 4 heteroatoms. The summed E-state index contributed by atoms with van der Waals surface area (Å²) in [5.41, 5.74) is 7.60. The molecule has 0 bridgehead atoms. The number of nitrogens with zero attached hydrogens (tertiary/aromatic N) is 1. The number of methoxy groups -OCH3 is 1. The first kappa shape index (κ1) is 11.9. The molecule has 1 aromatic carbocycles. The minimum atomic E-state index is -0.294. The van der Waals surface area contributed by atoms with Crippen molar-refractivity contribution in [2.75, 3.05) is 25.1 Å². The van der Waals surface area contributed by atoms with Gasteiger partial charge >= 0.3 is 5.97 Å². The smallest absolute Gasteiger partial charge is 0.337 e. The van der Waals surface area contributed by atoms with Crippen molar-refractivity contribution in [1.82, 2.24) is 0 Å². The molecule has 17 heavy (non-hydrogen) atoms. The lowest BCUT2D eigenvalue weighted by molar-refractivity contribution is 0.0601. The van der Waals surface area contributed by atoms with Crippen LogP contribution < -0.4 is 10.6 Å². The van der Waals surface area contributed by atoms with Crippen LogP contribution >= 0.6 is 0 Å². The topological polar surface area (TPSA) is 55.6 Å². The zero-order valence-electron chi connectivity index (χ0n) is 10.1. The monoisotopic (exact) mass is 234 g/mol. The van der Waals surface area contributed by atoms with Crippen LogP contribution in [0.15, 0.2) is 24.3 Å². The predicted molar refractivity (Wildman–Crippen MR) is 67.2 cm³/mol. The van der Waals surface area contributed by atoms with Crippen LogP contribution in [0.25, 0.3) is 0 Å². The summed E-state index contributed by atoms with van der Waals surface area (Å²) in [6.45, 7) is 1.97. The Balaban J connectivity index is 2.05. The third-order valence-electron chi connectivity index (χ3n) is 3.19. The quantitative estimate of drug-likeness (QED) is 0.786. The van der Waals surface area contributed by atoms with Crippen LogP contribution in [0, 0.1) is 0 Å². The number of hydrogen-bond acceptors (Lipinski definition) is 4.